The van der Waals surface area contributed by atoms with Gasteiger partial charge in [0.25, 0.3) is 0 Å². The summed E-state index contributed by atoms with van der Waals surface area (Å²) >= 11 is 1.22. The van der Waals surface area contributed by atoms with E-state index in [1.807, 2.05) is 0 Å². The molecule has 2 heterocycles. The van der Waals surface area contributed by atoms with Crippen molar-refractivity contribution in [1.82, 2.24) is 14.8 Å². The maximum atomic E-state index is 13.9. The molecule has 5 nitrogen and oxygen atoms in total. The molecule has 0 radical (unpaired) electrons. The second kappa shape index (κ2) is 6.93. The smallest absolute Gasteiger partial charge is 0.435 e. The van der Waals surface area contributed by atoms with Crippen molar-refractivity contribution in [2.45, 2.75) is 13.1 Å². The lowest BCUT2D eigenvalue weighted by molar-refractivity contribution is -0.140. The lowest BCUT2D eigenvalue weighted by Crippen LogP contribution is -2.08. The summed E-state index contributed by atoms with van der Waals surface area (Å²) in [6.07, 6.45) is -4.74. The van der Waals surface area contributed by atoms with Crippen LogP contribution >= 0.6 is 11.3 Å². The highest BCUT2D eigenvalue weighted by Crippen LogP contribution is 2.46. The van der Waals surface area contributed by atoms with Crippen molar-refractivity contribution in [3.8, 4) is 39.7 Å². The summed E-state index contributed by atoms with van der Waals surface area (Å²) in [5.74, 6) is -0.580. The summed E-state index contributed by atoms with van der Waals surface area (Å²) in [6.45, 7) is 1.70. The summed E-state index contributed by atoms with van der Waals surface area (Å²) in [4.78, 5) is 4.23. The highest BCUT2D eigenvalue weighted by atomic mass is 32.1. The first kappa shape index (κ1) is 19.0. The van der Waals surface area contributed by atoms with E-state index in [4.69, 9.17) is 0 Å². The highest BCUT2D eigenvalue weighted by molar-refractivity contribution is 7.09. The summed E-state index contributed by atoms with van der Waals surface area (Å²) in [7, 11) is 0. The minimum absolute atomic E-state index is 0.0336. The first-order valence-corrected chi connectivity index (χ1v) is 9.34. The number of aromatic nitrogens is 3. The Morgan fingerprint density at radius 2 is 1.76 bits per heavy atom. The Morgan fingerprint density at radius 3 is 2.34 bits per heavy atom. The molecule has 4 rings (SSSR count). The van der Waals surface area contributed by atoms with E-state index in [0.29, 0.717) is 10.7 Å². The van der Waals surface area contributed by atoms with E-state index in [2.05, 4.69) is 10.1 Å². The second-order valence-corrected chi connectivity index (χ2v) is 7.33. The Morgan fingerprint density at radius 1 is 1.03 bits per heavy atom. The average molecular weight is 417 g/mol. The molecule has 29 heavy (non-hydrogen) atoms. The highest BCUT2D eigenvalue weighted by Gasteiger charge is 2.41. The standard InChI is InChI=1S/C20H14F3N3O2S/c1-11-24-15(10-29-11)17-18(14-8-7-13(27)9-16(14)28)26(12-5-3-2-4-6-12)25-19(17)20(21,22)23/h2-10,27-28H,1H3. The SMILES string of the molecule is Cc1nc(-c2c(C(F)(F)F)nn(-c3ccccc3)c2-c2ccc(O)cc2O)cs1. The Bertz CT molecular complexity index is 1180. The van der Waals surface area contributed by atoms with Crippen LogP contribution < -0.4 is 0 Å². The number of thiazole rings is 1. The van der Waals surface area contributed by atoms with E-state index in [-0.39, 0.29) is 34.0 Å². The average Bonchev–Trinajstić information content (AvgIpc) is 3.26. The van der Waals surface area contributed by atoms with Gasteiger partial charge >= 0.3 is 6.18 Å². The van der Waals surface area contributed by atoms with E-state index < -0.39 is 11.9 Å². The van der Waals surface area contributed by atoms with Crippen molar-refractivity contribution in [2.24, 2.45) is 0 Å². The number of para-hydroxylation sites is 1. The molecule has 0 aliphatic heterocycles. The van der Waals surface area contributed by atoms with Gasteiger partial charge < -0.3 is 10.2 Å². The number of aromatic hydroxyl groups is 2. The van der Waals surface area contributed by atoms with Gasteiger partial charge in [-0.05, 0) is 31.2 Å². The van der Waals surface area contributed by atoms with Crippen molar-refractivity contribution in [1.29, 1.82) is 0 Å². The van der Waals surface area contributed by atoms with Crippen molar-refractivity contribution in [3.05, 3.63) is 64.6 Å². The van der Waals surface area contributed by atoms with Crippen LogP contribution in [-0.4, -0.2) is 25.0 Å². The minimum Gasteiger partial charge on any atom is -0.508 e. The zero-order valence-corrected chi connectivity index (χ0v) is 15.8. The van der Waals surface area contributed by atoms with Gasteiger partial charge in [-0.1, -0.05) is 18.2 Å². The molecule has 2 aromatic carbocycles. The molecular weight excluding hydrogens is 403 g/mol. The molecule has 2 N–H and O–H groups in total. The predicted molar refractivity (Wildman–Crippen MR) is 103 cm³/mol. The van der Waals surface area contributed by atoms with Crippen LogP contribution in [0.15, 0.2) is 53.9 Å². The minimum atomic E-state index is -4.74. The number of alkyl halides is 3. The van der Waals surface area contributed by atoms with Gasteiger partial charge in [-0.3, -0.25) is 0 Å². The number of rotatable bonds is 3. The third kappa shape index (κ3) is 3.44. The first-order valence-electron chi connectivity index (χ1n) is 8.46. The zero-order chi connectivity index (χ0) is 20.8. The quantitative estimate of drug-likeness (QED) is 0.468. The van der Waals surface area contributed by atoms with Crippen LogP contribution in [0.1, 0.15) is 10.7 Å². The second-order valence-electron chi connectivity index (χ2n) is 6.27. The molecule has 9 heteroatoms. The Hall–Kier alpha value is -3.33. The molecule has 0 fully saturated rings. The van der Waals surface area contributed by atoms with Crippen LogP contribution in [0.2, 0.25) is 0 Å². The maximum absolute atomic E-state index is 13.9. The number of hydrogen-bond acceptors (Lipinski definition) is 5. The Balaban J connectivity index is 2.13. The lowest BCUT2D eigenvalue weighted by Gasteiger charge is -2.11. The molecule has 0 unspecified atom stereocenters. The van der Waals surface area contributed by atoms with Gasteiger partial charge in [0.05, 0.1) is 27.6 Å². The van der Waals surface area contributed by atoms with Gasteiger partial charge in [-0.25, -0.2) is 9.67 Å². The van der Waals surface area contributed by atoms with Crippen LogP contribution in [0.5, 0.6) is 11.5 Å². The first-order chi connectivity index (χ1) is 13.8. The fourth-order valence-electron chi connectivity index (χ4n) is 3.06. The van der Waals surface area contributed by atoms with Crippen LogP contribution in [0.25, 0.3) is 28.2 Å². The largest absolute Gasteiger partial charge is 0.508 e. The van der Waals surface area contributed by atoms with Crippen molar-refractivity contribution < 1.29 is 23.4 Å². The van der Waals surface area contributed by atoms with Crippen molar-refractivity contribution >= 4 is 11.3 Å². The van der Waals surface area contributed by atoms with E-state index in [0.717, 1.165) is 10.7 Å². The van der Waals surface area contributed by atoms with Crippen LogP contribution in [0.3, 0.4) is 0 Å². The molecule has 2 aromatic heterocycles. The fourth-order valence-corrected chi connectivity index (χ4v) is 3.67. The summed E-state index contributed by atoms with van der Waals surface area (Å²) in [6, 6.07) is 12.0. The molecular formula is C20H14F3N3O2S. The van der Waals surface area contributed by atoms with Gasteiger partial charge in [0, 0.05) is 17.0 Å². The maximum Gasteiger partial charge on any atom is 0.435 e. The van der Waals surface area contributed by atoms with Gasteiger partial charge in [-0.15, -0.1) is 11.3 Å². The number of phenolic OH excluding ortho intramolecular Hbond substituents is 2. The van der Waals surface area contributed by atoms with E-state index >= 15 is 0 Å². The van der Waals surface area contributed by atoms with Crippen LogP contribution in [0.4, 0.5) is 13.2 Å². The molecule has 148 valence electrons. The third-order valence-corrected chi connectivity index (χ3v) is 5.04. The third-order valence-electron chi connectivity index (χ3n) is 4.27. The van der Waals surface area contributed by atoms with Crippen LogP contribution in [-0.2, 0) is 6.18 Å². The Labute approximate surface area is 167 Å². The molecule has 0 atom stereocenters. The number of hydrogen-bond donors (Lipinski definition) is 2. The Kier molecular flexibility index (Phi) is 4.54. The number of halogens is 3. The lowest BCUT2D eigenvalue weighted by atomic mass is 10.0. The monoisotopic (exact) mass is 417 g/mol. The fraction of sp³-hybridized carbons (Fsp3) is 0.100. The molecule has 0 aliphatic rings. The van der Waals surface area contributed by atoms with Crippen molar-refractivity contribution in [2.75, 3.05) is 0 Å². The van der Waals surface area contributed by atoms with E-state index in [9.17, 15) is 23.4 Å². The van der Waals surface area contributed by atoms with Gasteiger partial charge in [0.1, 0.15) is 11.5 Å². The molecule has 0 saturated heterocycles. The topological polar surface area (TPSA) is 71.2 Å². The van der Waals surface area contributed by atoms with E-state index in [1.165, 1.54) is 28.8 Å². The normalized spacial score (nSPS) is 11.7. The summed E-state index contributed by atoms with van der Waals surface area (Å²) < 4.78 is 42.9. The molecule has 0 bridgehead atoms. The molecule has 0 amide bonds. The van der Waals surface area contributed by atoms with Gasteiger partial charge in [-0.2, -0.15) is 18.3 Å². The zero-order valence-electron chi connectivity index (χ0n) is 15.0. The summed E-state index contributed by atoms with van der Waals surface area (Å²) in [5, 5.41) is 26.0. The molecule has 0 saturated carbocycles. The number of benzene rings is 2. The van der Waals surface area contributed by atoms with Crippen molar-refractivity contribution in [3.63, 3.8) is 0 Å². The number of aryl methyl sites for hydroxylation is 1. The van der Waals surface area contributed by atoms with Crippen LogP contribution in [0, 0.1) is 6.92 Å². The van der Waals surface area contributed by atoms with E-state index in [1.54, 1.807) is 37.3 Å². The predicted octanol–water partition coefficient (Wildman–Crippen LogP) is 5.40. The van der Waals surface area contributed by atoms with Gasteiger partial charge in [0.15, 0.2) is 5.69 Å². The number of nitrogens with zero attached hydrogens (tertiary/aromatic N) is 3. The van der Waals surface area contributed by atoms with Gasteiger partial charge in [0.2, 0.25) is 0 Å². The molecule has 0 aliphatic carbocycles. The summed E-state index contributed by atoms with van der Waals surface area (Å²) in [5.41, 5.74) is -0.703. The molecule has 4 aromatic rings. The molecule has 0 spiro atoms. The number of phenols is 2.